The highest BCUT2D eigenvalue weighted by Crippen LogP contribution is 2.17. The number of hydrogen-bond acceptors (Lipinski definition) is 6. The highest BCUT2D eigenvalue weighted by molar-refractivity contribution is 5.71. The molecule has 0 aromatic heterocycles. The van der Waals surface area contributed by atoms with Crippen LogP contribution in [0.1, 0.15) is 355 Å². The zero-order chi connectivity index (χ0) is 58.5. The first kappa shape index (κ1) is 77.6. The fourth-order valence-corrected chi connectivity index (χ4v) is 10.1. The minimum absolute atomic E-state index is 0.0819. The summed E-state index contributed by atoms with van der Waals surface area (Å²) in [5.74, 6) is -0.887. The summed E-state index contributed by atoms with van der Waals surface area (Å²) in [6, 6.07) is 0. The van der Waals surface area contributed by atoms with E-state index >= 15 is 0 Å². The second-order valence-electron chi connectivity index (χ2n) is 23.4. The molecule has 0 saturated heterocycles. The lowest BCUT2D eigenvalue weighted by Crippen LogP contribution is -2.30. The topological polar surface area (TPSA) is 78.9 Å². The van der Waals surface area contributed by atoms with Crippen LogP contribution in [0.4, 0.5) is 0 Å². The monoisotopic (exact) mass is 1130 g/mol. The van der Waals surface area contributed by atoms with Gasteiger partial charge in [-0.25, -0.2) is 0 Å². The SMILES string of the molecule is CC/C=C\C/C=C\C/C=C\CCCCCCCC(=O)OCC(COC(=O)CCCCCCCCCCCCCCCCC/C=C\C/C=C\CCCCCCC)OC(=O)CCCCCCCCCCC/C=C\C/C=C\CCCCCCC. The van der Waals surface area contributed by atoms with Crippen molar-refractivity contribution in [1.29, 1.82) is 0 Å². The van der Waals surface area contributed by atoms with Gasteiger partial charge in [0.25, 0.3) is 0 Å². The van der Waals surface area contributed by atoms with Crippen molar-refractivity contribution in [1.82, 2.24) is 0 Å². The number of carbonyl (C=O) groups excluding carboxylic acids is 3. The molecule has 0 N–H and O–H groups in total. The first-order chi connectivity index (χ1) is 40.0. The van der Waals surface area contributed by atoms with Gasteiger partial charge in [0.05, 0.1) is 0 Å². The number of ether oxygens (including phenoxy) is 3. The van der Waals surface area contributed by atoms with Gasteiger partial charge in [0, 0.05) is 19.3 Å². The molecule has 0 radical (unpaired) electrons. The van der Waals surface area contributed by atoms with Crippen molar-refractivity contribution in [3.05, 3.63) is 85.1 Å². The van der Waals surface area contributed by atoms with Gasteiger partial charge in [0.15, 0.2) is 6.10 Å². The van der Waals surface area contributed by atoms with E-state index in [0.717, 1.165) is 109 Å². The zero-order valence-corrected chi connectivity index (χ0v) is 53.8. The standard InChI is InChI=1S/C75H132O6/c1-4-7-10-13-16-19-22-25-28-30-32-34-35-36-37-38-39-41-42-44-47-50-53-56-59-62-65-68-74(77)80-71-72(70-79-73(76)67-64-61-58-55-52-49-46-27-24-21-18-15-12-9-6-3)81-75(78)69-66-63-60-57-54-51-48-45-43-40-33-31-29-26-23-20-17-14-11-8-5-2/h9,12,18,21-23,25-27,30-33,46,72H,4-8,10-11,13-17,19-20,24,28-29,34-45,47-71H2,1-3H3/b12-9-,21-18-,25-22-,26-23-,32-30-,33-31-,46-27-. The van der Waals surface area contributed by atoms with Crippen molar-refractivity contribution in [2.45, 2.75) is 361 Å². The largest absolute Gasteiger partial charge is 0.462 e. The number of hydrogen-bond donors (Lipinski definition) is 0. The van der Waals surface area contributed by atoms with Crippen molar-refractivity contribution in [2.75, 3.05) is 13.2 Å². The van der Waals surface area contributed by atoms with Crippen LogP contribution in [0.15, 0.2) is 85.1 Å². The number of allylic oxidation sites excluding steroid dienone is 14. The molecule has 81 heavy (non-hydrogen) atoms. The quantitative estimate of drug-likeness (QED) is 0.0261. The van der Waals surface area contributed by atoms with Gasteiger partial charge in [-0.05, 0) is 116 Å². The highest BCUT2D eigenvalue weighted by atomic mass is 16.6. The third-order valence-corrected chi connectivity index (χ3v) is 15.4. The fraction of sp³-hybridized carbons (Fsp3) is 0.773. The molecule has 0 aliphatic rings. The molecule has 1 atom stereocenters. The van der Waals surface area contributed by atoms with Crippen molar-refractivity contribution in [2.24, 2.45) is 0 Å². The third kappa shape index (κ3) is 67.3. The van der Waals surface area contributed by atoms with E-state index in [9.17, 15) is 14.4 Å². The second kappa shape index (κ2) is 69.1. The Balaban J connectivity index is 4.30. The van der Waals surface area contributed by atoms with Crippen LogP contribution in [0.25, 0.3) is 0 Å². The van der Waals surface area contributed by atoms with Gasteiger partial charge in [0.2, 0.25) is 0 Å². The molecule has 0 fully saturated rings. The molecule has 6 nitrogen and oxygen atoms in total. The van der Waals surface area contributed by atoms with Crippen LogP contribution >= 0.6 is 0 Å². The number of rotatable bonds is 64. The molecular weight excluding hydrogens is 997 g/mol. The molecule has 0 aliphatic carbocycles. The van der Waals surface area contributed by atoms with Gasteiger partial charge in [-0.1, -0.05) is 305 Å². The minimum Gasteiger partial charge on any atom is -0.462 e. The average molecular weight is 1130 g/mol. The van der Waals surface area contributed by atoms with E-state index in [4.69, 9.17) is 14.2 Å². The van der Waals surface area contributed by atoms with E-state index in [1.165, 1.54) is 205 Å². The van der Waals surface area contributed by atoms with Crippen LogP contribution in [0.5, 0.6) is 0 Å². The molecule has 6 heteroatoms. The van der Waals surface area contributed by atoms with Gasteiger partial charge in [-0.15, -0.1) is 0 Å². The predicted molar refractivity (Wildman–Crippen MR) is 353 cm³/mol. The summed E-state index contributed by atoms with van der Waals surface area (Å²) < 4.78 is 17.0. The minimum atomic E-state index is -0.788. The summed E-state index contributed by atoms with van der Waals surface area (Å²) in [4.78, 5) is 38.4. The van der Waals surface area contributed by atoms with E-state index in [0.29, 0.717) is 19.3 Å². The summed E-state index contributed by atoms with van der Waals surface area (Å²) in [6.45, 7) is 6.54. The van der Waals surface area contributed by atoms with Crippen LogP contribution < -0.4 is 0 Å². The Labute approximate surface area is 503 Å². The number of esters is 3. The lowest BCUT2D eigenvalue weighted by Gasteiger charge is -2.18. The Bertz CT molecular complexity index is 1530. The predicted octanol–water partition coefficient (Wildman–Crippen LogP) is 24.2. The van der Waals surface area contributed by atoms with Crippen LogP contribution in [-0.2, 0) is 28.6 Å². The van der Waals surface area contributed by atoms with Crippen molar-refractivity contribution in [3.63, 3.8) is 0 Å². The first-order valence-electron chi connectivity index (χ1n) is 35.1. The van der Waals surface area contributed by atoms with Gasteiger partial charge >= 0.3 is 17.9 Å². The Morgan fingerprint density at radius 2 is 0.481 bits per heavy atom. The smallest absolute Gasteiger partial charge is 0.306 e. The van der Waals surface area contributed by atoms with Gasteiger partial charge in [0.1, 0.15) is 13.2 Å². The Morgan fingerprint density at radius 3 is 0.753 bits per heavy atom. The fourth-order valence-electron chi connectivity index (χ4n) is 10.1. The van der Waals surface area contributed by atoms with Crippen LogP contribution in [-0.4, -0.2) is 37.2 Å². The van der Waals surface area contributed by atoms with Gasteiger partial charge in [-0.2, -0.15) is 0 Å². The highest BCUT2D eigenvalue weighted by Gasteiger charge is 2.19. The van der Waals surface area contributed by atoms with E-state index in [1.54, 1.807) is 0 Å². The molecule has 0 saturated carbocycles. The van der Waals surface area contributed by atoms with Crippen molar-refractivity contribution in [3.8, 4) is 0 Å². The molecule has 1 unspecified atom stereocenters. The maximum atomic E-state index is 13.0. The lowest BCUT2D eigenvalue weighted by atomic mass is 10.0. The summed E-state index contributed by atoms with van der Waals surface area (Å²) in [5, 5.41) is 0. The third-order valence-electron chi connectivity index (χ3n) is 15.4. The maximum absolute atomic E-state index is 13.0. The summed E-state index contributed by atoms with van der Waals surface area (Å²) >= 11 is 0. The van der Waals surface area contributed by atoms with Crippen LogP contribution in [0.3, 0.4) is 0 Å². The van der Waals surface area contributed by atoms with Gasteiger partial charge in [-0.3, -0.25) is 14.4 Å². The number of unbranched alkanes of at least 4 members (excludes halogenated alkanes) is 39. The maximum Gasteiger partial charge on any atom is 0.306 e. The van der Waals surface area contributed by atoms with E-state index < -0.39 is 6.10 Å². The van der Waals surface area contributed by atoms with Crippen LogP contribution in [0, 0.1) is 0 Å². The lowest BCUT2D eigenvalue weighted by molar-refractivity contribution is -0.167. The molecule has 0 spiro atoms. The zero-order valence-electron chi connectivity index (χ0n) is 53.8. The van der Waals surface area contributed by atoms with E-state index in [2.05, 4.69) is 106 Å². The molecule has 0 aromatic rings. The normalized spacial score (nSPS) is 12.6. The molecule has 0 aliphatic heterocycles. The Kier molecular flexibility index (Phi) is 66.2. The first-order valence-corrected chi connectivity index (χ1v) is 35.1. The number of carbonyl (C=O) groups is 3. The van der Waals surface area contributed by atoms with E-state index in [1.807, 2.05) is 0 Å². The average Bonchev–Trinajstić information content (AvgIpc) is 3.47. The molecule has 468 valence electrons. The molecular formula is C75H132O6. The second-order valence-corrected chi connectivity index (χ2v) is 23.4. The summed E-state index contributed by atoms with van der Waals surface area (Å²) in [6.07, 6.45) is 91.8. The molecule has 0 rings (SSSR count). The molecule has 0 aromatic carbocycles. The van der Waals surface area contributed by atoms with E-state index in [-0.39, 0.29) is 31.1 Å². The molecule has 0 bridgehead atoms. The Hall–Kier alpha value is -3.41. The van der Waals surface area contributed by atoms with Crippen molar-refractivity contribution < 1.29 is 28.6 Å². The summed E-state index contributed by atoms with van der Waals surface area (Å²) in [7, 11) is 0. The van der Waals surface area contributed by atoms with Crippen LogP contribution in [0.2, 0.25) is 0 Å². The summed E-state index contributed by atoms with van der Waals surface area (Å²) in [5.41, 5.74) is 0. The molecule has 0 heterocycles. The Morgan fingerprint density at radius 1 is 0.259 bits per heavy atom. The van der Waals surface area contributed by atoms with Gasteiger partial charge < -0.3 is 14.2 Å². The molecule has 0 amide bonds. The van der Waals surface area contributed by atoms with Crippen molar-refractivity contribution >= 4 is 17.9 Å².